The molecule has 0 radical (unpaired) electrons. The molecular formula is C23H27N3O2. The summed E-state index contributed by atoms with van der Waals surface area (Å²) in [5.41, 5.74) is 2.03. The Kier molecular flexibility index (Phi) is 5.63. The van der Waals surface area contributed by atoms with Gasteiger partial charge in [-0.2, -0.15) is 5.10 Å². The van der Waals surface area contributed by atoms with Crippen molar-refractivity contribution < 1.29 is 9.59 Å². The molecule has 2 aromatic carbocycles. The number of benzene rings is 2. The molecule has 2 aromatic rings. The number of nitrogens with zero attached hydrogens (tertiary/aromatic N) is 2. The maximum absolute atomic E-state index is 12.8. The molecule has 3 rings (SSSR count). The van der Waals surface area contributed by atoms with Crippen molar-refractivity contribution in [2.45, 2.75) is 51.6 Å². The van der Waals surface area contributed by atoms with Gasteiger partial charge in [-0.05, 0) is 38.5 Å². The number of nitrogens with one attached hydrogen (secondary N) is 1. The third-order valence-electron chi connectivity index (χ3n) is 4.66. The van der Waals surface area contributed by atoms with Gasteiger partial charge >= 0.3 is 0 Å². The quantitative estimate of drug-likeness (QED) is 0.859. The number of hydrogen-bond donors (Lipinski definition) is 1. The predicted molar refractivity (Wildman–Crippen MR) is 113 cm³/mol. The molecule has 1 heterocycles. The second-order valence-corrected chi connectivity index (χ2v) is 8.18. The van der Waals surface area contributed by atoms with Gasteiger partial charge in [0.2, 0.25) is 5.91 Å². The number of carbonyl (C=O) groups excluding carboxylic acids is 2. The van der Waals surface area contributed by atoms with Gasteiger partial charge in [0.1, 0.15) is 5.71 Å². The Morgan fingerprint density at radius 1 is 1.00 bits per heavy atom. The van der Waals surface area contributed by atoms with E-state index in [2.05, 4.69) is 10.4 Å². The zero-order valence-corrected chi connectivity index (χ0v) is 16.8. The van der Waals surface area contributed by atoms with E-state index in [-0.39, 0.29) is 35.6 Å². The Labute approximate surface area is 166 Å². The lowest BCUT2D eigenvalue weighted by atomic mass is 9.84. The molecule has 1 amide bonds. The van der Waals surface area contributed by atoms with Crippen LogP contribution in [0.15, 0.2) is 65.8 Å². The summed E-state index contributed by atoms with van der Waals surface area (Å²) in [6.07, 6.45) is 0.242. The molecular weight excluding hydrogens is 350 g/mol. The van der Waals surface area contributed by atoms with E-state index in [9.17, 15) is 9.59 Å². The van der Waals surface area contributed by atoms with Crippen LogP contribution in [0.1, 0.15) is 45.6 Å². The van der Waals surface area contributed by atoms with Crippen LogP contribution in [0.25, 0.3) is 0 Å². The Balaban J connectivity index is 2.02. The number of amides is 1. The van der Waals surface area contributed by atoms with Gasteiger partial charge in [-0.15, -0.1) is 0 Å². The minimum Gasteiger partial charge on any atom is -0.351 e. The molecule has 0 aromatic heterocycles. The van der Waals surface area contributed by atoms with Crippen LogP contribution in [0.3, 0.4) is 0 Å². The Hall–Kier alpha value is -2.95. The molecule has 1 N–H and O–H groups in total. The van der Waals surface area contributed by atoms with Gasteiger partial charge in [-0.1, -0.05) is 48.5 Å². The molecule has 0 spiro atoms. The van der Waals surface area contributed by atoms with Gasteiger partial charge in [0.05, 0.1) is 24.1 Å². The lowest BCUT2D eigenvalue weighted by Gasteiger charge is -2.29. The van der Waals surface area contributed by atoms with Crippen molar-refractivity contribution in [3.8, 4) is 0 Å². The van der Waals surface area contributed by atoms with E-state index in [0.29, 0.717) is 5.71 Å². The fourth-order valence-corrected chi connectivity index (χ4v) is 3.60. The van der Waals surface area contributed by atoms with Crippen LogP contribution in [0, 0.1) is 0 Å². The normalized spacial score (nSPS) is 19.3. The SMILES string of the molecule is CC(=O)C1=NN(c2ccccc2)[C@@H](CC(=O)NC(C)(C)C)[C@@H]1c1ccccc1. The topological polar surface area (TPSA) is 61.8 Å². The van der Waals surface area contributed by atoms with E-state index in [1.165, 1.54) is 6.92 Å². The van der Waals surface area contributed by atoms with Crippen LogP contribution >= 0.6 is 0 Å². The second-order valence-electron chi connectivity index (χ2n) is 8.18. The van der Waals surface area contributed by atoms with E-state index in [1.54, 1.807) is 0 Å². The molecule has 0 saturated carbocycles. The van der Waals surface area contributed by atoms with Gasteiger partial charge in [0, 0.05) is 12.5 Å². The highest BCUT2D eigenvalue weighted by molar-refractivity contribution is 6.42. The Morgan fingerprint density at radius 3 is 2.11 bits per heavy atom. The highest BCUT2D eigenvalue weighted by Crippen LogP contribution is 2.37. The maximum atomic E-state index is 12.8. The van der Waals surface area contributed by atoms with Crippen molar-refractivity contribution in [3.05, 3.63) is 66.2 Å². The third-order valence-corrected chi connectivity index (χ3v) is 4.66. The summed E-state index contributed by atoms with van der Waals surface area (Å²) < 4.78 is 0. The second kappa shape index (κ2) is 7.97. The Morgan fingerprint density at radius 2 is 1.57 bits per heavy atom. The number of hydrogen-bond acceptors (Lipinski definition) is 4. The average Bonchev–Trinajstić information content (AvgIpc) is 3.01. The monoisotopic (exact) mass is 377 g/mol. The average molecular weight is 377 g/mol. The molecule has 2 atom stereocenters. The highest BCUT2D eigenvalue weighted by Gasteiger charge is 2.42. The molecule has 5 nitrogen and oxygen atoms in total. The number of para-hydroxylation sites is 1. The molecule has 0 aliphatic carbocycles. The zero-order valence-electron chi connectivity index (χ0n) is 16.8. The van der Waals surface area contributed by atoms with Crippen molar-refractivity contribution in [1.82, 2.24) is 5.32 Å². The standard InChI is InChI=1S/C23H27N3O2/c1-16(27)22-21(17-11-7-5-8-12-17)19(15-20(28)24-23(2,3)4)26(25-22)18-13-9-6-10-14-18/h5-14,19,21H,15H2,1-4H3,(H,24,28)/t19-,21-/m0/s1. The fourth-order valence-electron chi connectivity index (χ4n) is 3.60. The molecule has 146 valence electrons. The van der Waals surface area contributed by atoms with Crippen LogP contribution in [-0.4, -0.2) is 29.0 Å². The minimum atomic E-state index is -0.320. The lowest BCUT2D eigenvalue weighted by molar-refractivity contribution is -0.123. The van der Waals surface area contributed by atoms with Gasteiger partial charge < -0.3 is 5.32 Å². The van der Waals surface area contributed by atoms with E-state index >= 15 is 0 Å². The number of rotatable bonds is 5. The van der Waals surface area contributed by atoms with Crippen LogP contribution < -0.4 is 10.3 Å². The van der Waals surface area contributed by atoms with E-state index in [0.717, 1.165) is 11.3 Å². The first kappa shape index (κ1) is 19.8. The fraction of sp³-hybridized carbons (Fsp3) is 0.348. The summed E-state index contributed by atoms with van der Waals surface area (Å²) in [4.78, 5) is 25.2. The van der Waals surface area contributed by atoms with Gasteiger partial charge in [0.15, 0.2) is 5.78 Å². The van der Waals surface area contributed by atoms with Crippen LogP contribution in [0.5, 0.6) is 0 Å². The zero-order chi connectivity index (χ0) is 20.3. The number of Topliss-reactive ketones (excluding diaryl/α,β-unsaturated/α-hetero) is 1. The van der Waals surface area contributed by atoms with Crippen molar-refractivity contribution >= 4 is 23.1 Å². The summed E-state index contributed by atoms with van der Waals surface area (Å²) in [6.45, 7) is 7.41. The van der Waals surface area contributed by atoms with Crippen molar-refractivity contribution in [3.63, 3.8) is 0 Å². The van der Waals surface area contributed by atoms with Crippen LogP contribution in [0.2, 0.25) is 0 Å². The summed E-state index contributed by atoms with van der Waals surface area (Å²) in [5, 5.41) is 9.53. The largest absolute Gasteiger partial charge is 0.351 e. The number of ketones is 1. The number of anilines is 1. The van der Waals surface area contributed by atoms with E-state index < -0.39 is 0 Å². The predicted octanol–water partition coefficient (Wildman–Crippen LogP) is 3.91. The van der Waals surface area contributed by atoms with Gasteiger partial charge in [0.25, 0.3) is 0 Å². The van der Waals surface area contributed by atoms with Crippen molar-refractivity contribution in [2.75, 3.05) is 5.01 Å². The van der Waals surface area contributed by atoms with E-state index in [4.69, 9.17) is 0 Å². The summed E-state index contributed by atoms with van der Waals surface area (Å²) in [7, 11) is 0. The summed E-state index contributed by atoms with van der Waals surface area (Å²) >= 11 is 0. The first-order chi connectivity index (χ1) is 13.3. The van der Waals surface area contributed by atoms with Gasteiger partial charge in [-0.25, -0.2) is 0 Å². The van der Waals surface area contributed by atoms with Gasteiger partial charge in [-0.3, -0.25) is 14.6 Å². The highest BCUT2D eigenvalue weighted by atomic mass is 16.2. The Bertz CT molecular complexity index is 870. The van der Waals surface area contributed by atoms with Crippen molar-refractivity contribution in [1.29, 1.82) is 0 Å². The van der Waals surface area contributed by atoms with E-state index in [1.807, 2.05) is 86.4 Å². The minimum absolute atomic E-state index is 0.0561. The number of carbonyl (C=O) groups is 2. The first-order valence-corrected chi connectivity index (χ1v) is 9.56. The van der Waals surface area contributed by atoms with Crippen LogP contribution in [0.4, 0.5) is 5.69 Å². The summed E-state index contributed by atoms with van der Waals surface area (Å²) in [5.74, 6) is -0.391. The molecule has 5 heteroatoms. The molecule has 0 saturated heterocycles. The molecule has 0 fully saturated rings. The number of hydrazone groups is 1. The van der Waals surface area contributed by atoms with Crippen LogP contribution in [-0.2, 0) is 9.59 Å². The molecule has 0 bridgehead atoms. The van der Waals surface area contributed by atoms with Crippen molar-refractivity contribution in [2.24, 2.45) is 5.10 Å². The third kappa shape index (κ3) is 4.47. The molecule has 0 unspecified atom stereocenters. The molecule has 28 heavy (non-hydrogen) atoms. The lowest BCUT2D eigenvalue weighted by Crippen LogP contribution is -2.44. The molecule has 1 aliphatic heterocycles. The first-order valence-electron chi connectivity index (χ1n) is 9.56. The smallest absolute Gasteiger partial charge is 0.222 e. The maximum Gasteiger partial charge on any atom is 0.222 e. The summed E-state index contributed by atoms with van der Waals surface area (Å²) in [6, 6.07) is 19.2. The molecule has 1 aliphatic rings.